The van der Waals surface area contributed by atoms with E-state index in [4.69, 9.17) is 13.1 Å². The van der Waals surface area contributed by atoms with E-state index in [0.717, 1.165) is 22.8 Å². The first kappa shape index (κ1) is 22.0. The number of aryl methyl sites for hydroxylation is 1. The molecule has 0 spiro atoms. The highest BCUT2D eigenvalue weighted by Crippen LogP contribution is 2.44. The zero-order valence-electron chi connectivity index (χ0n) is 18.3. The van der Waals surface area contributed by atoms with Gasteiger partial charge in [-0.05, 0) is 81.1 Å². The maximum absolute atomic E-state index is 13.9. The maximum atomic E-state index is 13.9. The third-order valence-corrected chi connectivity index (χ3v) is 6.75. The van der Waals surface area contributed by atoms with Crippen LogP contribution in [0.2, 0.25) is 0 Å². The Hall–Kier alpha value is -4.85. The predicted molar refractivity (Wildman–Crippen MR) is 123 cm³/mol. The molecule has 0 bridgehead atoms. The van der Waals surface area contributed by atoms with E-state index in [9.17, 15) is 23.7 Å². The number of rotatable bonds is 0. The van der Waals surface area contributed by atoms with Crippen LogP contribution in [0.15, 0.2) is 36.4 Å². The second-order valence-corrected chi connectivity index (χ2v) is 8.39. The molecule has 0 N–H and O–H groups in total. The summed E-state index contributed by atoms with van der Waals surface area (Å²) < 4.78 is 41.7. The van der Waals surface area contributed by atoms with Crippen molar-refractivity contribution in [2.24, 2.45) is 0 Å². The lowest BCUT2D eigenvalue weighted by atomic mass is 9.90. The van der Waals surface area contributed by atoms with Gasteiger partial charge in [0, 0.05) is 5.22 Å². The molecule has 3 aromatic carbocycles. The van der Waals surface area contributed by atoms with Crippen molar-refractivity contribution in [3.05, 3.63) is 103 Å². The lowest BCUT2D eigenvalue weighted by molar-refractivity contribution is -0.138. The Kier molecular flexibility index (Phi) is 4.77. The van der Waals surface area contributed by atoms with Crippen LogP contribution in [0.1, 0.15) is 33.4 Å². The van der Waals surface area contributed by atoms with Crippen molar-refractivity contribution in [2.45, 2.75) is 25.9 Å². The number of hydrogen-bond donors (Lipinski definition) is 0. The lowest BCUT2D eigenvalue weighted by Gasteiger charge is -2.13. The Labute approximate surface area is 198 Å². The fraction of sp³-hybridized carbons (Fsp3) is 0.143. The SMILES string of the molecule is [C-]#[N+]/C(C#N)=c1\c2c(/c(=C(/C#N)[N+]#[C-])c3c1Cc1c-3cccc1C(F)(F)F)-c1cccc(C)c1C2. The summed E-state index contributed by atoms with van der Waals surface area (Å²) in [6, 6.07) is 13.3. The molecule has 35 heavy (non-hydrogen) atoms. The third-order valence-electron chi connectivity index (χ3n) is 6.75. The van der Waals surface area contributed by atoms with Crippen molar-refractivity contribution >= 4 is 11.4 Å². The van der Waals surface area contributed by atoms with Crippen LogP contribution < -0.4 is 10.4 Å². The number of halogens is 3. The molecule has 0 saturated carbocycles. The highest BCUT2D eigenvalue weighted by Gasteiger charge is 2.39. The van der Waals surface area contributed by atoms with Crippen LogP contribution in [0.3, 0.4) is 0 Å². The van der Waals surface area contributed by atoms with Gasteiger partial charge < -0.3 is 0 Å². The Balaban J connectivity index is 2.13. The van der Waals surface area contributed by atoms with E-state index in [1.54, 1.807) is 6.07 Å². The van der Waals surface area contributed by atoms with E-state index < -0.39 is 11.7 Å². The third kappa shape index (κ3) is 2.96. The topological polar surface area (TPSA) is 56.3 Å². The number of nitrogens with zero attached hydrogens (tertiary/aromatic N) is 4. The van der Waals surface area contributed by atoms with Crippen LogP contribution in [0.25, 0.3) is 43.3 Å². The van der Waals surface area contributed by atoms with Gasteiger partial charge in [-0.25, -0.2) is 20.2 Å². The van der Waals surface area contributed by atoms with Gasteiger partial charge in [0.1, 0.15) is 0 Å². The predicted octanol–water partition coefficient (Wildman–Crippen LogP) is 5.26. The average molecular weight is 462 g/mol. The smallest absolute Gasteiger partial charge is 0.226 e. The van der Waals surface area contributed by atoms with Crippen LogP contribution in [0.4, 0.5) is 13.2 Å². The summed E-state index contributed by atoms with van der Waals surface area (Å²) in [5.41, 5.74) is 3.60. The molecule has 4 nitrogen and oxygen atoms in total. The first-order valence-corrected chi connectivity index (χ1v) is 10.6. The second kappa shape index (κ2) is 7.59. The fourth-order valence-corrected chi connectivity index (χ4v) is 5.40. The molecule has 0 saturated heterocycles. The summed E-state index contributed by atoms with van der Waals surface area (Å²) in [7, 11) is 0. The molecule has 7 heteroatoms. The molecule has 0 atom stereocenters. The van der Waals surface area contributed by atoms with Crippen LogP contribution >= 0.6 is 0 Å². The number of hydrogen-bond acceptors (Lipinski definition) is 2. The average Bonchev–Trinajstić information content (AvgIpc) is 3.40. The van der Waals surface area contributed by atoms with Gasteiger partial charge in [-0.15, -0.1) is 0 Å². The lowest BCUT2D eigenvalue weighted by Crippen LogP contribution is -2.25. The summed E-state index contributed by atoms with van der Waals surface area (Å²) in [5.74, 6) is 0. The van der Waals surface area contributed by atoms with Crippen LogP contribution in [0, 0.1) is 42.7 Å². The summed E-state index contributed by atoms with van der Waals surface area (Å²) in [4.78, 5) is 6.85. The van der Waals surface area contributed by atoms with Crippen molar-refractivity contribution in [2.75, 3.05) is 0 Å². The molecular formula is C28H13F3N4. The quantitative estimate of drug-likeness (QED) is 0.295. The first-order valence-electron chi connectivity index (χ1n) is 10.6. The second-order valence-electron chi connectivity index (χ2n) is 8.39. The minimum Gasteiger partial charge on any atom is -0.226 e. The summed E-state index contributed by atoms with van der Waals surface area (Å²) >= 11 is 0. The molecule has 2 aliphatic carbocycles. The van der Waals surface area contributed by atoms with Gasteiger partial charge in [-0.2, -0.15) is 13.2 Å². The monoisotopic (exact) mass is 462 g/mol. The maximum Gasteiger partial charge on any atom is 0.416 e. The molecule has 0 aliphatic heterocycles. The highest BCUT2D eigenvalue weighted by atomic mass is 19.4. The molecule has 0 heterocycles. The largest absolute Gasteiger partial charge is 0.416 e. The van der Waals surface area contributed by atoms with Gasteiger partial charge in [-0.1, -0.05) is 30.3 Å². The highest BCUT2D eigenvalue weighted by molar-refractivity contribution is 5.93. The van der Waals surface area contributed by atoms with Gasteiger partial charge in [0.25, 0.3) is 11.4 Å². The van der Waals surface area contributed by atoms with E-state index in [2.05, 4.69) is 9.69 Å². The minimum atomic E-state index is -4.61. The van der Waals surface area contributed by atoms with Crippen molar-refractivity contribution in [1.82, 2.24) is 0 Å². The molecule has 166 valence electrons. The van der Waals surface area contributed by atoms with Crippen molar-refractivity contribution in [3.8, 4) is 34.4 Å². The van der Waals surface area contributed by atoms with Crippen LogP contribution in [-0.2, 0) is 19.0 Å². The standard InChI is InChI=1S/C28H13F3N4/c1-14-6-4-7-15-17(14)10-19-24(22(12-32)34-2)20-11-18-16(8-5-9-21(18)28(29,30)31)26(20)27(25(15)19)23(13-33)35-3/h4-9H,10-11H2,1H3/b24-22+,27-23+. The van der Waals surface area contributed by atoms with E-state index in [1.165, 1.54) is 6.07 Å². The zero-order valence-corrected chi connectivity index (χ0v) is 18.3. The molecular weight excluding hydrogens is 449 g/mol. The van der Waals surface area contributed by atoms with Crippen molar-refractivity contribution < 1.29 is 13.2 Å². The number of benzene rings is 3. The molecule has 0 fully saturated rings. The van der Waals surface area contributed by atoms with Gasteiger partial charge in [-0.3, -0.25) is 0 Å². The van der Waals surface area contributed by atoms with E-state index in [-0.39, 0.29) is 34.2 Å². The van der Waals surface area contributed by atoms with E-state index in [1.807, 2.05) is 37.3 Å². The van der Waals surface area contributed by atoms with Gasteiger partial charge in [0.15, 0.2) is 0 Å². The van der Waals surface area contributed by atoms with Gasteiger partial charge in [0.2, 0.25) is 0 Å². The van der Waals surface area contributed by atoms with Crippen LogP contribution in [-0.4, -0.2) is 0 Å². The Bertz CT molecular complexity index is 1750. The summed E-state index contributed by atoms with van der Waals surface area (Å²) in [5, 5.41) is 20.3. The number of nitriles is 2. The van der Waals surface area contributed by atoms with E-state index >= 15 is 0 Å². The zero-order chi connectivity index (χ0) is 25.1. The molecule has 5 rings (SSSR count). The summed E-state index contributed by atoms with van der Waals surface area (Å²) in [6.45, 7) is 17.2. The number of alkyl halides is 3. The number of fused-ring (bicyclic) bond motifs is 6. The Morgan fingerprint density at radius 2 is 1.31 bits per heavy atom. The fourth-order valence-electron chi connectivity index (χ4n) is 5.40. The summed E-state index contributed by atoms with van der Waals surface area (Å²) in [6.07, 6.45) is -4.40. The minimum absolute atomic E-state index is 0.0233. The molecule has 0 amide bonds. The molecule has 2 aliphatic rings. The molecule has 0 unspecified atom stereocenters. The normalized spacial score (nSPS) is 14.3. The van der Waals surface area contributed by atoms with Crippen molar-refractivity contribution in [3.63, 3.8) is 0 Å². The van der Waals surface area contributed by atoms with Gasteiger partial charge >= 0.3 is 6.18 Å². The van der Waals surface area contributed by atoms with Crippen molar-refractivity contribution in [1.29, 1.82) is 10.5 Å². The molecule has 0 aromatic heterocycles. The van der Waals surface area contributed by atoms with Gasteiger partial charge in [0.05, 0.1) is 30.8 Å². The van der Waals surface area contributed by atoms with Crippen LogP contribution in [0.5, 0.6) is 0 Å². The Morgan fingerprint density at radius 3 is 1.86 bits per heavy atom. The Morgan fingerprint density at radius 1 is 0.800 bits per heavy atom. The molecule has 3 aromatic rings. The van der Waals surface area contributed by atoms with E-state index in [0.29, 0.717) is 33.9 Å². The molecule has 0 radical (unpaired) electrons. The first-order chi connectivity index (χ1) is 16.8.